The molecule has 2 rings (SSSR count). The lowest BCUT2D eigenvalue weighted by molar-refractivity contribution is 0.0939. The first kappa shape index (κ1) is 15.2. The Balaban J connectivity index is 1.82. The molecular weight excluding hydrogens is 250 g/mol. The van der Waals surface area contributed by atoms with Crippen LogP contribution < -0.4 is 10.1 Å². The molecule has 0 aliphatic heterocycles. The fraction of sp³-hybridized carbons (Fsp3) is 0.750. The molecule has 0 saturated heterocycles. The number of nitrogens with zero attached hydrogens (tertiary/aromatic N) is 2. The van der Waals surface area contributed by atoms with Gasteiger partial charge in [-0.1, -0.05) is 27.7 Å². The van der Waals surface area contributed by atoms with Gasteiger partial charge in [-0.15, -0.1) is 5.10 Å². The zero-order valence-electron chi connectivity index (χ0n) is 13.1. The lowest BCUT2D eigenvalue weighted by Crippen LogP contribution is -2.28. The monoisotopic (exact) mass is 277 g/mol. The lowest BCUT2D eigenvalue weighted by Gasteiger charge is -2.33. The van der Waals surface area contributed by atoms with Crippen LogP contribution in [0.15, 0.2) is 12.1 Å². The second kappa shape index (κ2) is 6.53. The maximum Gasteiger partial charge on any atom is 0.233 e. The van der Waals surface area contributed by atoms with Gasteiger partial charge in [0.2, 0.25) is 5.88 Å². The highest BCUT2D eigenvalue weighted by Gasteiger charge is 2.27. The minimum atomic E-state index is 0.303. The molecule has 0 amide bonds. The zero-order chi connectivity index (χ0) is 14.6. The van der Waals surface area contributed by atoms with Gasteiger partial charge in [0.25, 0.3) is 0 Å². The Morgan fingerprint density at radius 2 is 1.95 bits per heavy atom. The highest BCUT2D eigenvalue weighted by atomic mass is 16.5. The van der Waals surface area contributed by atoms with Crippen molar-refractivity contribution in [2.75, 3.05) is 0 Å². The van der Waals surface area contributed by atoms with Crippen LogP contribution in [0, 0.1) is 5.41 Å². The molecule has 0 atom stereocenters. The summed E-state index contributed by atoms with van der Waals surface area (Å²) in [6.07, 6.45) is 4.98. The Morgan fingerprint density at radius 3 is 2.50 bits per heavy atom. The van der Waals surface area contributed by atoms with E-state index in [1.54, 1.807) is 0 Å². The summed E-state index contributed by atoms with van der Waals surface area (Å²) in [4.78, 5) is 0. The van der Waals surface area contributed by atoms with Crippen molar-refractivity contribution >= 4 is 0 Å². The van der Waals surface area contributed by atoms with Gasteiger partial charge in [-0.2, -0.15) is 5.10 Å². The molecule has 0 bridgehead atoms. The zero-order valence-corrected chi connectivity index (χ0v) is 13.1. The van der Waals surface area contributed by atoms with E-state index in [-0.39, 0.29) is 0 Å². The molecule has 1 fully saturated rings. The molecule has 0 unspecified atom stereocenters. The van der Waals surface area contributed by atoms with E-state index in [4.69, 9.17) is 4.74 Å². The summed E-state index contributed by atoms with van der Waals surface area (Å²) in [6.45, 7) is 9.66. The van der Waals surface area contributed by atoms with Gasteiger partial charge in [0.15, 0.2) is 0 Å². The lowest BCUT2D eigenvalue weighted by atomic mass is 9.76. The van der Waals surface area contributed by atoms with Crippen LogP contribution in [-0.2, 0) is 6.54 Å². The third-order valence-electron chi connectivity index (χ3n) is 3.96. The molecule has 1 aliphatic rings. The smallest absolute Gasteiger partial charge is 0.233 e. The highest BCUT2D eigenvalue weighted by Crippen LogP contribution is 2.36. The minimum absolute atomic E-state index is 0.303. The predicted molar refractivity (Wildman–Crippen MR) is 80.7 cm³/mol. The van der Waals surface area contributed by atoms with Crippen LogP contribution in [0.3, 0.4) is 0 Å². The van der Waals surface area contributed by atoms with Crippen molar-refractivity contribution in [3.63, 3.8) is 0 Å². The third-order valence-corrected chi connectivity index (χ3v) is 3.96. The van der Waals surface area contributed by atoms with Crippen molar-refractivity contribution in [1.29, 1.82) is 0 Å². The maximum absolute atomic E-state index is 5.94. The molecule has 4 nitrogen and oxygen atoms in total. The molecule has 1 aromatic heterocycles. The van der Waals surface area contributed by atoms with E-state index >= 15 is 0 Å². The van der Waals surface area contributed by atoms with E-state index in [0.29, 0.717) is 23.4 Å². The van der Waals surface area contributed by atoms with Crippen LogP contribution in [0.25, 0.3) is 0 Å². The number of ether oxygens (including phenoxy) is 1. The molecule has 1 heterocycles. The number of rotatable bonds is 5. The van der Waals surface area contributed by atoms with Crippen LogP contribution in [0.2, 0.25) is 0 Å². The maximum atomic E-state index is 5.94. The van der Waals surface area contributed by atoms with Gasteiger partial charge in [0.05, 0.1) is 5.69 Å². The molecule has 0 radical (unpaired) electrons. The van der Waals surface area contributed by atoms with Gasteiger partial charge >= 0.3 is 0 Å². The fourth-order valence-electron chi connectivity index (χ4n) is 2.47. The van der Waals surface area contributed by atoms with Gasteiger partial charge in [-0.05, 0) is 37.2 Å². The Labute approximate surface area is 122 Å². The summed E-state index contributed by atoms with van der Waals surface area (Å²) in [5, 5.41) is 11.7. The van der Waals surface area contributed by atoms with E-state index in [1.165, 1.54) is 12.8 Å². The Morgan fingerprint density at radius 1 is 1.25 bits per heavy atom. The average Bonchev–Trinajstić information content (AvgIpc) is 2.40. The summed E-state index contributed by atoms with van der Waals surface area (Å²) in [6, 6.07) is 4.38. The summed E-state index contributed by atoms with van der Waals surface area (Å²) in [5.41, 5.74) is 1.42. The van der Waals surface area contributed by atoms with Crippen molar-refractivity contribution in [2.24, 2.45) is 5.41 Å². The summed E-state index contributed by atoms with van der Waals surface area (Å²) in [5.74, 6) is 0.656. The average molecular weight is 277 g/mol. The summed E-state index contributed by atoms with van der Waals surface area (Å²) >= 11 is 0. The molecule has 20 heavy (non-hydrogen) atoms. The largest absolute Gasteiger partial charge is 0.473 e. The van der Waals surface area contributed by atoms with Gasteiger partial charge in [-0.3, -0.25) is 0 Å². The van der Waals surface area contributed by atoms with Crippen molar-refractivity contribution in [1.82, 2.24) is 15.5 Å². The molecule has 1 aliphatic carbocycles. The number of nitrogens with one attached hydrogen (secondary N) is 1. The van der Waals surface area contributed by atoms with Crippen LogP contribution in [0.1, 0.15) is 59.1 Å². The second-order valence-corrected chi connectivity index (χ2v) is 6.88. The van der Waals surface area contributed by atoms with Crippen LogP contribution in [0.5, 0.6) is 5.88 Å². The summed E-state index contributed by atoms with van der Waals surface area (Å²) in [7, 11) is 0. The number of hydrogen-bond donors (Lipinski definition) is 1. The third kappa shape index (κ3) is 4.75. The minimum Gasteiger partial charge on any atom is -0.473 e. The SMILES string of the molecule is CC(C)NCc1ccc(OC2CCC(C)(C)CC2)nn1. The van der Waals surface area contributed by atoms with Crippen molar-refractivity contribution in [3.8, 4) is 5.88 Å². The first-order valence-corrected chi connectivity index (χ1v) is 7.67. The topological polar surface area (TPSA) is 47.0 Å². The Kier molecular flexibility index (Phi) is 4.97. The quantitative estimate of drug-likeness (QED) is 0.897. The van der Waals surface area contributed by atoms with Crippen molar-refractivity contribution < 1.29 is 4.74 Å². The summed E-state index contributed by atoms with van der Waals surface area (Å²) < 4.78 is 5.94. The van der Waals surface area contributed by atoms with E-state index in [0.717, 1.165) is 25.1 Å². The van der Waals surface area contributed by atoms with E-state index in [2.05, 4.69) is 43.2 Å². The van der Waals surface area contributed by atoms with Gasteiger partial charge in [0, 0.05) is 18.7 Å². The highest BCUT2D eigenvalue weighted by molar-refractivity contribution is 5.12. The van der Waals surface area contributed by atoms with Gasteiger partial charge in [0.1, 0.15) is 6.10 Å². The predicted octanol–water partition coefficient (Wildman–Crippen LogP) is 3.32. The molecule has 112 valence electrons. The van der Waals surface area contributed by atoms with Crippen LogP contribution >= 0.6 is 0 Å². The molecule has 0 spiro atoms. The van der Waals surface area contributed by atoms with Crippen molar-refractivity contribution in [2.45, 2.75) is 72.1 Å². The number of aromatic nitrogens is 2. The van der Waals surface area contributed by atoms with Gasteiger partial charge in [-0.25, -0.2) is 0 Å². The standard InChI is InChI=1S/C16H27N3O/c1-12(2)17-11-13-5-6-15(19-18-13)20-14-7-9-16(3,4)10-8-14/h5-6,12,14,17H,7-11H2,1-4H3. The molecule has 4 heteroatoms. The normalized spacial score (nSPS) is 19.2. The molecular formula is C16H27N3O. The first-order valence-electron chi connectivity index (χ1n) is 7.67. The second-order valence-electron chi connectivity index (χ2n) is 6.88. The first-order chi connectivity index (χ1) is 9.44. The van der Waals surface area contributed by atoms with E-state index < -0.39 is 0 Å². The van der Waals surface area contributed by atoms with E-state index in [1.807, 2.05) is 12.1 Å². The van der Waals surface area contributed by atoms with Crippen molar-refractivity contribution in [3.05, 3.63) is 17.8 Å². The fourth-order valence-corrected chi connectivity index (χ4v) is 2.47. The van der Waals surface area contributed by atoms with Crippen LogP contribution in [0.4, 0.5) is 0 Å². The van der Waals surface area contributed by atoms with E-state index in [9.17, 15) is 0 Å². The number of hydrogen-bond acceptors (Lipinski definition) is 4. The molecule has 1 N–H and O–H groups in total. The Hall–Kier alpha value is -1.16. The molecule has 1 aromatic rings. The molecule has 1 saturated carbocycles. The van der Waals surface area contributed by atoms with Crippen LogP contribution in [-0.4, -0.2) is 22.3 Å². The Bertz CT molecular complexity index is 404. The molecule has 0 aromatic carbocycles. The van der Waals surface area contributed by atoms with Gasteiger partial charge < -0.3 is 10.1 Å².